The molecule has 0 aromatic heterocycles. The Hall–Kier alpha value is -0.570. The van der Waals surface area contributed by atoms with Gasteiger partial charge in [0.2, 0.25) is 0 Å². The topological polar surface area (TPSA) is 46.2 Å². The maximum Gasteiger partial charge on any atom is 0.0897 e. The predicted molar refractivity (Wildman–Crippen MR) is 64.0 cm³/mol. The molecule has 3 heteroatoms. The molecule has 0 unspecified atom stereocenters. The summed E-state index contributed by atoms with van der Waals surface area (Å²) in [6.45, 7) is 0. The first kappa shape index (κ1) is 12.5. The van der Waals surface area contributed by atoms with Crippen LogP contribution in [-0.2, 0) is 5.60 Å². The van der Waals surface area contributed by atoms with Crippen molar-refractivity contribution in [3.05, 3.63) is 35.9 Å². The maximum absolute atomic E-state index is 10.4. The van der Waals surface area contributed by atoms with Gasteiger partial charge in [0.05, 0.1) is 5.60 Å². The molecular weight excluding hydrogens is 210 g/mol. The van der Waals surface area contributed by atoms with E-state index in [2.05, 4.69) is 0 Å². The predicted octanol–water partition coefficient (Wildman–Crippen LogP) is 2.20. The summed E-state index contributed by atoms with van der Waals surface area (Å²) in [7, 11) is 0. The second-order valence-corrected chi connectivity index (χ2v) is 4.24. The van der Waals surface area contributed by atoms with Gasteiger partial charge >= 0.3 is 0 Å². The van der Waals surface area contributed by atoms with Crippen LogP contribution in [0.5, 0.6) is 0 Å². The van der Waals surface area contributed by atoms with Crippen LogP contribution in [0.25, 0.3) is 0 Å². The monoisotopic (exact) mass is 227 g/mol. The van der Waals surface area contributed by atoms with Crippen molar-refractivity contribution < 1.29 is 5.11 Å². The number of hydrogen-bond acceptors (Lipinski definition) is 2. The zero-order chi connectivity index (χ0) is 10.0. The molecule has 1 aliphatic carbocycles. The van der Waals surface area contributed by atoms with Crippen molar-refractivity contribution in [2.24, 2.45) is 5.73 Å². The third-order valence-corrected chi connectivity index (χ3v) is 3.17. The van der Waals surface area contributed by atoms with Gasteiger partial charge < -0.3 is 10.8 Å². The number of benzene rings is 1. The lowest BCUT2D eigenvalue weighted by Gasteiger charge is -2.35. The van der Waals surface area contributed by atoms with Gasteiger partial charge in [-0.05, 0) is 31.2 Å². The molecule has 3 N–H and O–H groups in total. The van der Waals surface area contributed by atoms with E-state index in [0.717, 1.165) is 31.2 Å². The highest BCUT2D eigenvalue weighted by atomic mass is 35.5. The number of nitrogens with two attached hydrogens (primary N) is 1. The lowest BCUT2D eigenvalue weighted by atomic mass is 9.78. The molecule has 0 amide bonds. The Bertz CT molecular complexity index is 294. The molecule has 0 saturated heterocycles. The number of rotatable bonds is 1. The van der Waals surface area contributed by atoms with E-state index in [4.69, 9.17) is 5.73 Å². The highest BCUT2D eigenvalue weighted by Gasteiger charge is 2.33. The van der Waals surface area contributed by atoms with Gasteiger partial charge in [-0.25, -0.2) is 0 Å². The Kier molecular flexibility index (Phi) is 4.14. The van der Waals surface area contributed by atoms with Crippen molar-refractivity contribution in [1.29, 1.82) is 0 Å². The average molecular weight is 228 g/mol. The van der Waals surface area contributed by atoms with Crippen molar-refractivity contribution >= 4 is 12.4 Å². The summed E-state index contributed by atoms with van der Waals surface area (Å²) in [6.07, 6.45) is 3.42. The fourth-order valence-corrected chi connectivity index (χ4v) is 2.15. The number of hydrogen-bond donors (Lipinski definition) is 2. The second kappa shape index (κ2) is 4.97. The van der Waals surface area contributed by atoms with E-state index < -0.39 is 5.60 Å². The molecule has 0 aliphatic heterocycles. The lowest BCUT2D eigenvalue weighted by molar-refractivity contribution is -0.00495. The van der Waals surface area contributed by atoms with Crippen LogP contribution >= 0.6 is 12.4 Å². The van der Waals surface area contributed by atoms with Crippen molar-refractivity contribution in [3.63, 3.8) is 0 Å². The molecule has 15 heavy (non-hydrogen) atoms. The Morgan fingerprint density at radius 3 is 2.20 bits per heavy atom. The maximum atomic E-state index is 10.4. The summed E-state index contributed by atoms with van der Waals surface area (Å²) in [4.78, 5) is 0. The van der Waals surface area contributed by atoms with Gasteiger partial charge in [0.1, 0.15) is 0 Å². The summed E-state index contributed by atoms with van der Waals surface area (Å²) in [6, 6.07) is 10.2. The third-order valence-electron chi connectivity index (χ3n) is 3.17. The molecule has 0 radical (unpaired) electrons. The molecule has 2 rings (SSSR count). The molecule has 1 aliphatic rings. The lowest BCUT2D eigenvalue weighted by Crippen LogP contribution is -2.36. The average Bonchev–Trinajstić information content (AvgIpc) is 2.24. The molecule has 1 aromatic carbocycles. The molecule has 1 aromatic rings. The van der Waals surface area contributed by atoms with Crippen molar-refractivity contribution in [3.8, 4) is 0 Å². The highest BCUT2D eigenvalue weighted by Crippen LogP contribution is 2.36. The molecule has 0 heterocycles. The zero-order valence-corrected chi connectivity index (χ0v) is 9.54. The summed E-state index contributed by atoms with van der Waals surface area (Å²) >= 11 is 0. The van der Waals surface area contributed by atoms with Gasteiger partial charge in [0.15, 0.2) is 0 Å². The van der Waals surface area contributed by atoms with Crippen LogP contribution in [0.1, 0.15) is 31.2 Å². The quantitative estimate of drug-likeness (QED) is 0.773. The molecule has 0 atom stereocenters. The molecule has 0 bridgehead atoms. The van der Waals surface area contributed by atoms with E-state index in [-0.39, 0.29) is 18.4 Å². The largest absolute Gasteiger partial charge is 0.385 e. The van der Waals surface area contributed by atoms with Crippen molar-refractivity contribution in [1.82, 2.24) is 0 Å². The summed E-state index contributed by atoms with van der Waals surface area (Å²) < 4.78 is 0. The third kappa shape index (κ3) is 2.71. The van der Waals surface area contributed by atoms with Gasteiger partial charge in [0.25, 0.3) is 0 Å². The van der Waals surface area contributed by atoms with E-state index in [1.54, 1.807) is 0 Å². The number of aliphatic hydroxyl groups is 1. The van der Waals surface area contributed by atoms with Crippen LogP contribution in [-0.4, -0.2) is 11.1 Å². The molecule has 1 fully saturated rings. The Morgan fingerprint density at radius 1 is 1.13 bits per heavy atom. The summed E-state index contributed by atoms with van der Waals surface area (Å²) in [5, 5.41) is 10.4. The van der Waals surface area contributed by atoms with E-state index in [1.165, 1.54) is 0 Å². The Morgan fingerprint density at radius 2 is 1.67 bits per heavy atom. The van der Waals surface area contributed by atoms with Crippen LogP contribution < -0.4 is 5.73 Å². The minimum atomic E-state index is -0.628. The second-order valence-electron chi connectivity index (χ2n) is 4.24. The minimum absolute atomic E-state index is 0. The van der Waals surface area contributed by atoms with Crippen LogP contribution in [0, 0.1) is 0 Å². The van der Waals surface area contributed by atoms with E-state index in [0.29, 0.717) is 0 Å². The SMILES string of the molecule is Cl.NC1CCC(O)(c2ccccc2)CC1. The smallest absolute Gasteiger partial charge is 0.0897 e. The van der Waals surface area contributed by atoms with Gasteiger partial charge in [-0.2, -0.15) is 0 Å². The van der Waals surface area contributed by atoms with Gasteiger partial charge in [-0.1, -0.05) is 30.3 Å². The number of halogens is 1. The first-order valence-electron chi connectivity index (χ1n) is 5.24. The van der Waals surface area contributed by atoms with Crippen LogP contribution in [0.15, 0.2) is 30.3 Å². The standard InChI is InChI=1S/C12H17NO.ClH/c13-11-6-8-12(14,9-7-11)10-4-2-1-3-5-10;/h1-5,11,14H,6-9,13H2;1H. The fraction of sp³-hybridized carbons (Fsp3) is 0.500. The van der Waals surface area contributed by atoms with Crippen molar-refractivity contribution in [2.75, 3.05) is 0 Å². The van der Waals surface area contributed by atoms with Crippen LogP contribution in [0.3, 0.4) is 0 Å². The normalized spacial score (nSPS) is 30.7. The zero-order valence-electron chi connectivity index (χ0n) is 8.73. The van der Waals surface area contributed by atoms with Crippen LogP contribution in [0.2, 0.25) is 0 Å². The first-order chi connectivity index (χ1) is 6.71. The van der Waals surface area contributed by atoms with E-state index in [1.807, 2.05) is 30.3 Å². The molecule has 2 nitrogen and oxygen atoms in total. The molecular formula is C12H18ClNO. The highest BCUT2D eigenvalue weighted by molar-refractivity contribution is 5.85. The molecule has 84 valence electrons. The van der Waals surface area contributed by atoms with Gasteiger partial charge in [0, 0.05) is 6.04 Å². The fourth-order valence-electron chi connectivity index (χ4n) is 2.15. The van der Waals surface area contributed by atoms with Crippen molar-refractivity contribution in [2.45, 2.75) is 37.3 Å². The summed E-state index contributed by atoms with van der Waals surface area (Å²) in [5.74, 6) is 0. The Labute approximate surface area is 96.9 Å². The van der Waals surface area contributed by atoms with Crippen LogP contribution in [0.4, 0.5) is 0 Å². The van der Waals surface area contributed by atoms with E-state index in [9.17, 15) is 5.11 Å². The van der Waals surface area contributed by atoms with Gasteiger partial charge in [-0.15, -0.1) is 12.4 Å². The Balaban J connectivity index is 0.00000112. The van der Waals surface area contributed by atoms with E-state index >= 15 is 0 Å². The summed E-state index contributed by atoms with van der Waals surface area (Å²) in [5.41, 5.74) is 6.23. The minimum Gasteiger partial charge on any atom is -0.385 e. The molecule has 0 spiro atoms. The molecule has 1 saturated carbocycles. The first-order valence-corrected chi connectivity index (χ1v) is 5.24. The van der Waals surface area contributed by atoms with Gasteiger partial charge in [-0.3, -0.25) is 0 Å².